The van der Waals surface area contributed by atoms with Gasteiger partial charge in [0, 0.05) is 17.5 Å². The molecule has 1 amide bonds. The Morgan fingerprint density at radius 2 is 1.67 bits per heavy atom. The van der Waals surface area contributed by atoms with E-state index in [0.717, 1.165) is 24.5 Å². The largest absolute Gasteiger partial charge is 0.497 e. The molecule has 162 valence electrons. The van der Waals surface area contributed by atoms with Crippen molar-refractivity contribution in [3.05, 3.63) is 65.2 Å². The molecular weight excluding hydrogens is 388 g/mol. The summed E-state index contributed by atoms with van der Waals surface area (Å²) in [6.45, 7) is 5.39. The molecule has 0 bridgehead atoms. The Labute approximate surface area is 176 Å². The van der Waals surface area contributed by atoms with E-state index in [1.54, 1.807) is 27.9 Å². The van der Waals surface area contributed by atoms with Crippen LogP contribution in [0.25, 0.3) is 0 Å². The Kier molecular flexibility index (Phi) is 6.34. The lowest BCUT2D eigenvalue weighted by atomic mass is 9.62. The molecule has 0 aromatic heterocycles. The van der Waals surface area contributed by atoms with Crippen molar-refractivity contribution in [3.63, 3.8) is 0 Å². The zero-order chi connectivity index (χ0) is 21.9. The smallest absolute Gasteiger partial charge is 0.407 e. The second kappa shape index (κ2) is 8.62. The van der Waals surface area contributed by atoms with Crippen molar-refractivity contribution in [2.45, 2.75) is 63.5 Å². The summed E-state index contributed by atoms with van der Waals surface area (Å²) in [7, 11) is 1.58. The molecule has 2 aromatic rings. The predicted molar refractivity (Wildman–Crippen MR) is 112 cm³/mol. The summed E-state index contributed by atoms with van der Waals surface area (Å²) in [6, 6.07) is 10.7. The molecular formula is C24H29F2NO3. The van der Waals surface area contributed by atoms with E-state index in [4.69, 9.17) is 9.47 Å². The summed E-state index contributed by atoms with van der Waals surface area (Å²) >= 11 is 0. The zero-order valence-corrected chi connectivity index (χ0v) is 17.9. The van der Waals surface area contributed by atoms with Gasteiger partial charge in [-0.2, -0.15) is 0 Å². The molecule has 1 N–H and O–H groups in total. The molecule has 0 radical (unpaired) electrons. The number of hydrogen-bond donors (Lipinski definition) is 1. The van der Waals surface area contributed by atoms with Crippen molar-refractivity contribution >= 4 is 6.09 Å². The molecule has 1 aliphatic carbocycles. The number of carbonyl (C=O) groups is 1. The van der Waals surface area contributed by atoms with Crippen molar-refractivity contribution in [2.75, 3.05) is 7.11 Å². The third kappa shape index (κ3) is 4.74. The van der Waals surface area contributed by atoms with E-state index < -0.39 is 28.7 Å². The Balaban J connectivity index is 2.11. The molecule has 2 unspecified atom stereocenters. The average Bonchev–Trinajstić information content (AvgIpc) is 2.66. The first kappa shape index (κ1) is 22.1. The molecule has 4 nitrogen and oxygen atoms in total. The fraction of sp³-hybridized carbons (Fsp3) is 0.458. The average molecular weight is 417 g/mol. The lowest BCUT2D eigenvalue weighted by Crippen LogP contribution is -2.54. The molecule has 3 rings (SSSR count). The van der Waals surface area contributed by atoms with E-state index in [9.17, 15) is 13.6 Å². The number of nitrogens with one attached hydrogen (secondary N) is 1. The molecule has 30 heavy (non-hydrogen) atoms. The standard InChI is InChI=1S/C24H29F2NO3/c1-23(2,3)30-22(28)27-21-7-5-6-12-24(21,16-8-10-20(29-4)11-9-16)17-13-18(25)15-19(26)14-17/h8-11,13-15,21H,5-7,12H2,1-4H3,(H,27,28). The highest BCUT2D eigenvalue weighted by Crippen LogP contribution is 2.46. The van der Waals surface area contributed by atoms with Gasteiger partial charge in [0.1, 0.15) is 23.0 Å². The van der Waals surface area contributed by atoms with Crippen molar-refractivity contribution in [1.29, 1.82) is 0 Å². The lowest BCUT2D eigenvalue weighted by Gasteiger charge is -2.45. The quantitative estimate of drug-likeness (QED) is 0.691. The van der Waals surface area contributed by atoms with Crippen molar-refractivity contribution in [1.82, 2.24) is 5.32 Å². The van der Waals surface area contributed by atoms with Crippen LogP contribution in [0.3, 0.4) is 0 Å². The van der Waals surface area contributed by atoms with Crippen molar-refractivity contribution in [3.8, 4) is 5.75 Å². The number of hydrogen-bond acceptors (Lipinski definition) is 3. The molecule has 2 atom stereocenters. The van der Waals surface area contributed by atoms with E-state index in [2.05, 4.69) is 5.32 Å². The van der Waals surface area contributed by atoms with Crippen LogP contribution in [0.15, 0.2) is 42.5 Å². The fourth-order valence-corrected chi connectivity index (χ4v) is 4.38. The first-order valence-electron chi connectivity index (χ1n) is 10.2. The number of ether oxygens (including phenoxy) is 2. The summed E-state index contributed by atoms with van der Waals surface area (Å²) in [6.07, 6.45) is 2.54. The number of methoxy groups -OCH3 is 1. The van der Waals surface area contributed by atoms with E-state index in [1.807, 2.05) is 24.3 Å². The topological polar surface area (TPSA) is 47.6 Å². The molecule has 1 aliphatic rings. The molecule has 2 aromatic carbocycles. The lowest BCUT2D eigenvalue weighted by molar-refractivity contribution is 0.0465. The Bertz CT molecular complexity index is 872. The van der Waals surface area contributed by atoms with Crippen LogP contribution < -0.4 is 10.1 Å². The SMILES string of the molecule is COc1ccc(C2(c3cc(F)cc(F)c3)CCCCC2NC(=O)OC(C)(C)C)cc1. The molecule has 0 spiro atoms. The maximum absolute atomic E-state index is 14.2. The van der Waals surface area contributed by atoms with Gasteiger partial charge in [0.15, 0.2) is 0 Å². The van der Waals surface area contributed by atoms with Crippen LogP contribution in [-0.2, 0) is 10.2 Å². The number of amides is 1. The second-order valence-corrected chi connectivity index (χ2v) is 8.80. The Morgan fingerprint density at radius 1 is 1.03 bits per heavy atom. The van der Waals surface area contributed by atoms with Crippen LogP contribution >= 0.6 is 0 Å². The van der Waals surface area contributed by atoms with E-state index in [1.165, 1.54) is 12.1 Å². The first-order chi connectivity index (χ1) is 14.1. The Morgan fingerprint density at radius 3 is 2.23 bits per heavy atom. The van der Waals surface area contributed by atoms with Crippen LogP contribution in [0.1, 0.15) is 57.6 Å². The minimum absolute atomic E-state index is 0.379. The monoisotopic (exact) mass is 417 g/mol. The van der Waals surface area contributed by atoms with Gasteiger partial charge in [0.2, 0.25) is 0 Å². The zero-order valence-electron chi connectivity index (χ0n) is 17.9. The normalized spacial score (nSPS) is 21.7. The van der Waals surface area contributed by atoms with Crippen LogP contribution in [0.2, 0.25) is 0 Å². The van der Waals surface area contributed by atoms with Gasteiger partial charge in [-0.3, -0.25) is 0 Å². The van der Waals surface area contributed by atoms with Gasteiger partial charge in [-0.05, 0) is 69.0 Å². The third-order valence-electron chi connectivity index (χ3n) is 5.58. The highest BCUT2D eigenvalue weighted by Gasteiger charge is 2.45. The third-order valence-corrected chi connectivity index (χ3v) is 5.58. The van der Waals surface area contributed by atoms with E-state index in [-0.39, 0.29) is 6.04 Å². The maximum Gasteiger partial charge on any atom is 0.407 e. The number of benzene rings is 2. The molecule has 0 heterocycles. The minimum atomic E-state index is -0.787. The van der Waals surface area contributed by atoms with E-state index in [0.29, 0.717) is 24.2 Å². The Hall–Kier alpha value is -2.63. The van der Waals surface area contributed by atoms with Crippen LogP contribution in [0.4, 0.5) is 13.6 Å². The number of alkyl carbamates (subject to hydrolysis) is 1. The fourth-order valence-electron chi connectivity index (χ4n) is 4.38. The summed E-state index contributed by atoms with van der Waals surface area (Å²) in [4.78, 5) is 12.6. The summed E-state index contributed by atoms with van der Waals surface area (Å²) in [5.74, 6) is -0.592. The van der Waals surface area contributed by atoms with Gasteiger partial charge in [-0.1, -0.05) is 25.0 Å². The molecule has 0 aliphatic heterocycles. The highest BCUT2D eigenvalue weighted by atomic mass is 19.1. The van der Waals surface area contributed by atoms with Gasteiger partial charge >= 0.3 is 6.09 Å². The molecule has 0 saturated heterocycles. The molecule has 1 fully saturated rings. The van der Waals surface area contributed by atoms with Crippen LogP contribution in [0, 0.1) is 11.6 Å². The summed E-state index contributed by atoms with van der Waals surface area (Å²) < 4.78 is 39.2. The second-order valence-electron chi connectivity index (χ2n) is 8.80. The number of halogens is 2. The summed E-state index contributed by atoms with van der Waals surface area (Å²) in [5, 5.41) is 2.99. The van der Waals surface area contributed by atoms with Crippen LogP contribution in [0.5, 0.6) is 5.75 Å². The molecule has 6 heteroatoms. The predicted octanol–water partition coefficient (Wildman–Crippen LogP) is 5.73. The van der Waals surface area contributed by atoms with Crippen LogP contribution in [-0.4, -0.2) is 24.8 Å². The minimum Gasteiger partial charge on any atom is -0.497 e. The number of carbonyl (C=O) groups excluding carboxylic acids is 1. The molecule has 1 saturated carbocycles. The van der Waals surface area contributed by atoms with Gasteiger partial charge in [0.05, 0.1) is 7.11 Å². The summed E-state index contributed by atoms with van der Waals surface area (Å²) in [5.41, 5.74) is -0.0587. The number of rotatable bonds is 4. The van der Waals surface area contributed by atoms with Gasteiger partial charge in [0.25, 0.3) is 0 Å². The maximum atomic E-state index is 14.2. The first-order valence-corrected chi connectivity index (χ1v) is 10.2. The van der Waals surface area contributed by atoms with Crippen molar-refractivity contribution in [2.24, 2.45) is 0 Å². The van der Waals surface area contributed by atoms with Crippen molar-refractivity contribution < 1.29 is 23.0 Å². The van der Waals surface area contributed by atoms with E-state index >= 15 is 0 Å². The van der Waals surface area contributed by atoms with Gasteiger partial charge in [-0.15, -0.1) is 0 Å². The highest BCUT2D eigenvalue weighted by molar-refractivity contribution is 5.69. The van der Waals surface area contributed by atoms with Gasteiger partial charge in [-0.25, -0.2) is 13.6 Å². The van der Waals surface area contributed by atoms with Gasteiger partial charge < -0.3 is 14.8 Å².